The number of carboxylic acid groups (broad SMARTS) is 3. The molecular formula is C25H28F10N4O7. The fraction of sp³-hybridized carbons (Fsp3) is 0.520. The Kier molecular flexibility index (Phi) is 14.9. The maximum absolute atomic E-state index is 13.7. The van der Waals surface area contributed by atoms with Gasteiger partial charge in [0.25, 0.3) is 0 Å². The molecule has 46 heavy (non-hydrogen) atoms. The number of carbonyl (C=O) groups is 3. The zero-order valence-corrected chi connectivity index (χ0v) is 23.6. The second kappa shape index (κ2) is 17.1. The van der Waals surface area contributed by atoms with Gasteiger partial charge in [-0.1, -0.05) is 18.2 Å². The van der Waals surface area contributed by atoms with E-state index in [2.05, 4.69) is 21.1 Å². The Morgan fingerprint density at radius 2 is 1.37 bits per heavy atom. The molecule has 0 aliphatic carbocycles. The molecule has 4 rings (SSSR count). The molecule has 2 aromatic rings. The SMILES string of the molecule is Cn1cc(CN2CCN3C[C@H](OCc4ccccc4F)C[C@H]3C2)cn1.O=C(O)C(F)(F)F.O=C(O)C(F)(F)F.O=C(O)C(F)(F)F. The van der Waals surface area contributed by atoms with Crippen molar-refractivity contribution in [3.63, 3.8) is 0 Å². The molecule has 0 unspecified atom stereocenters. The third kappa shape index (κ3) is 14.9. The molecule has 11 nitrogen and oxygen atoms in total. The van der Waals surface area contributed by atoms with Crippen molar-refractivity contribution >= 4 is 17.9 Å². The Morgan fingerprint density at radius 3 is 1.80 bits per heavy atom. The van der Waals surface area contributed by atoms with Crippen LogP contribution in [-0.2, 0) is 39.3 Å². The molecule has 1 aromatic carbocycles. The van der Waals surface area contributed by atoms with E-state index in [4.69, 9.17) is 34.4 Å². The Balaban J connectivity index is 0.000000413. The van der Waals surface area contributed by atoms with Crippen molar-refractivity contribution in [2.45, 2.75) is 50.2 Å². The van der Waals surface area contributed by atoms with Crippen molar-refractivity contribution in [2.24, 2.45) is 7.05 Å². The Hall–Kier alpha value is -3.98. The highest BCUT2D eigenvalue weighted by Gasteiger charge is 2.40. The predicted octanol–water partition coefficient (Wildman–Crippen LogP) is 3.93. The van der Waals surface area contributed by atoms with Crippen LogP contribution in [0, 0.1) is 5.82 Å². The van der Waals surface area contributed by atoms with Crippen molar-refractivity contribution in [1.29, 1.82) is 0 Å². The lowest BCUT2D eigenvalue weighted by Crippen LogP contribution is -2.49. The number of benzene rings is 1. The topological polar surface area (TPSA) is 145 Å². The number of rotatable bonds is 5. The molecule has 1 aromatic heterocycles. The Bertz CT molecular complexity index is 1230. The van der Waals surface area contributed by atoms with Gasteiger partial charge in [-0.05, 0) is 12.5 Å². The number of aromatic nitrogens is 2. The normalized spacial score (nSPS) is 18.5. The van der Waals surface area contributed by atoms with Crippen LogP contribution >= 0.6 is 0 Å². The Labute approximate surface area is 253 Å². The molecule has 2 aliphatic rings. The first-order valence-corrected chi connectivity index (χ1v) is 12.7. The summed E-state index contributed by atoms with van der Waals surface area (Å²) in [7, 11) is 1.95. The van der Waals surface area contributed by atoms with E-state index < -0.39 is 36.4 Å². The number of ether oxygens (including phenoxy) is 1. The first kappa shape index (κ1) is 40.0. The number of halogens is 10. The van der Waals surface area contributed by atoms with E-state index in [0.29, 0.717) is 18.2 Å². The minimum atomic E-state index is -5.08. The lowest BCUT2D eigenvalue weighted by molar-refractivity contribution is -0.193. The fourth-order valence-electron chi connectivity index (χ4n) is 3.96. The third-order valence-electron chi connectivity index (χ3n) is 5.99. The second-order valence-corrected chi connectivity index (χ2v) is 9.57. The average molecular weight is 687 g/mol. The zero-order valence-electron chi connectivity index (χ0n) is 23.6. The molecular weight excluding hydrogens is 658 g/mol. The van der Waals surface area contributed by atoms with Gasteiger partial charge in [-0.15, -0.1) is 0 Å². The van der Waals surface area contributed by atoms with Gasteiger partial charge in [-0.3, -0.25) is 14.5 Å². The van der Waals surface area contributed by atoms with Gasteiger partial charge in [0.15, 0.2) is 0 Å². The smallest absolute Gasteiger partial charge is 0.475 e. The summed E-state index contributed by atoms with van der Waals surface area (Å²) in [4.78, 5) is 31.7. The number of hydrogen-bond donors (Lipinski definition) is 3. The Morgan fingerprint density at radius 1 is 0.870 bits per heavy atom. The van der Waals surface area contributed by atoms with Crippen LogP contribution in [0.1, 0.15) is 17.5 Å². The highest BCUT2D eigenvalue weighted by molar-refractivity contribution is 5.73. The van der Waals surface area contributed by atoms with Crippen LogP contribution in [0.25, 0.3) is 0 Å². The van der Waals surface area contributed by atoms with Gasteiger partial charge in [-0.25, -0.2) is 18.8 Å². The van der Waals surface area contributed by atoms with Gasteiger partial charge in [0, 0.05) is 63.1 Å². The zero-order chi connectivity index (χ0) is 35.5. The monoisotopic (exact) mass is 686 g/mol. The molecule has 2 fully saturated rings. The molecule has 0 bridgehead atoms. The molecule has 2 aliphatic heterocycles. The van der Waals surface area contributed by atoms with E-state index in [0.717, 1.165) is 39.1 Å². The van der Waals surface area contributed by atoms with Crippen molar-refractivity contribution in [3.8, 4) is 0 Å². The quantitative estimate of drug-likeness (QED) is 0.396. The number of fused-ring (bicyclic) bond motifs is 1. The number of carboxylic acids is 3. The number of aryl methyl sites for hydroxylation is 1. The molecule has 3 heterocycles. The first-order chi connectivity index (χ1) is 21.0. The summed E-state index contributed by atoms with van der Waals surface area (Å²) < 4.78 is 117. The first-order valence-electron chi connectivity index (χ1n) is 12.7. The number of nitrogens with zero attached hydrogens (tertiary/aromatic N) is 4. The van der Waals surface area contributed by atoms with Crippen LogP contribution in [0.15, 0.2) is 36.7 Å². The van der Waals surface area contributed by atoms with Crippen molar-refractivity contribution in [2.75, 3.05) is 26.2 Å². The standard InChI is InChI=1S/C19H25FN4O.3C2HF3O2/c1-22-10-15(9-21-22)11-23-6-7-24-13-18(8-17(24)12-23)25-14-16-4-2-3-5-19(16)20;3*3-2(4,5)1(6)7/h2-5,9-10,17-18H,6-8,11-14H2,1H3;3*(H,6,7)/t17-,18+;;;/m0.../s1. The maximum Gasteiger partial charge on any atom is 0.490 e. The summed E-state index contributed by atoms with van der Waals surface area (Å²) in [5, 5.41) is 25.6. The van der Waals surface area contributed by atoms with E-state index >= 15 is 0 Å². The highest BCUT2D eigenvalue weighted by Crippen LogP contribution is 2.26. The van der Waals surface area contributed by atoms with Gasteiger partial charge in [-0.2, -0.15) is 44.6 Å². The van der Waals surface area contributed by atoms with Crippen LogP contribution in [-0.4, -0.2) is 110 Å². The molecule has 0 spiro atoms. The summed E-state index contributed by atoms with van der Waals surface area (Å²) in [5.74, 6) is -8.45. The van der Waals surface area contributed by atoms with Crippen LogP contribution < -0.4 is 0 Å². The molecule has 0 saturated carbocycles. The van der Waals surface area contributed by atoms with Crippen LogP contribution in [0.5, 0.6) is 0 Å². The molecule has 260 valence electrons. The number of hydrogen-bond acceptors (Lipinski definition) is 7. The van der Waals surface area contributed by atoms with E-state index in [1.165, 1.54) is 11.6 Å². The van der Waals surface area contributed by atoms with E-state index in [9.17, 15) is 43.9 Å². The molecule has 3 N–H and O–H groups in total. The third-order valence-corrected chi connectivity index (χ3v) is 5.99. The summed E-state index contributed by atoms with van der Waals surface area (Å²) in [6, 6.07) is 7.40. The molecule has 0 radical (unpaired) electrons. The van der Waals surface area contributed by atoms with Crippen LogP contribution in [0.3, 0.4) is 0 Å². The fourth-order valence-corrected chi connectivity index (χ4v) is 3.96. The van der Waals surface area contributed by atoms with Crippen molar-refractivity contribution in [1.82, 2.24) is 19.6 Å². The molecule has 2 atom stereocenters. The van der Waals surface area contributed by atoms with E-state index in [1.807, 2.05) is 24.0 Å². The molecule has 2 saturated heterocycles. The van der Waals surface area contributed by atoms with Crippen LogP contribution in [0.2, 0.25) is 0 Å². The lowest BCUT2D eigenvalue weighted by Gasteiger charge is -2.37. The van der Waals surface area contributed by atoms with Gasteiger partial charge in [0.2, 0.25) is 0 Å². The largest absolute Gasteiger partial charge is 0.490 e. The number of aliphatic carboxylic acids is 3. The lowest BCUT2D eigenvalue weighted by atomic mass is 10.1. The minimum Gasteiger partial charge on any atom is -0.475 e. The molecule has 0 amide bonds. The number of piperazine rings is 1. The van der Waals surface area contributed by atoms with E-state index in [-0.39, 0.29) is 11.9 Å². The van der Waals surface area contributed by atoms with Crippen molar-refractivity contribution in [3.05, 3.63) is 53.6 Å². The second-order valence-electron chi connectivity index (χ2n) is 9.57. The summed E-state index contributed by atoms with van der Waals surface area (Å²) >= 11 is 0. The number of alkyl halides is 9. The van der Waals surface area contributed by atoms with E-state index in [1.54, 1.807) is 12.1 Å². The average Bonchev–Trinajstić information content (AvgIpc) is 3.52. The van der Waals surface area contributed by atoms with Gasteiger partial charge >= 0.3 is 36.4 Å². The molecule has 21 heteroatoms. The summed E-state index contributed by atoms with van der Waals surface area (Å²) in [5.41, 5.74) is 1.91. The van der Waals surface area contributed by atoms with Crippen LogP contribution in [0.4, 0.5) is 43.9 Å². The highest BCUT2D eigenvalue weighted by atomic mass is 19.4. The summed E-state index contributed by atoms with van der Waals surface area (Å²) in [6.07, 6.45) is -10.00. The van der Waals surface area contributed by atoms with Gasteiger partial charge in [0.1, 0.15) is 5.82 Å². The van der Waals surface area contributed by atoms with Crippen molar-refractivity contribution < 1.29 is 78.3 Å². The predicted molar refractivity (Wildman–Crippen MR) is 135 cm³/mol. The summed E-state index contributed by atoms with van der Waals surface area (Å²) in [6.45, 7) is 5.49. The maximum atomic E-state index is 13.7. The van der Waals surface area contributed by atoms with Gasteiger partial charge < -0.3 is 20.1 Å². The minimum absolute atomic E-state index is 0.180. The van der Waals surface area contributed by atoms with Gasteiger partial charge in [0.05, 0.1) is 18.9 Å².